The summed E-state index contributed by atoms with van der Waals surface area (Å²) < 4.78 is 5.00. The molecule has 0 amide bonds. The van der Waals surface area contributed by atoms with Gasteiger partial charge >= 0.3 is 0 Å². The van der Waals surface area contributed by atoms with Gasteiger partial charge in [0.05, 0.1) is 18.8 Å². The van der Waals surface area contributed by atoms with Crippen molar-refractivity contribution in [3.63, 3.8) is 0 Å². The van der Waals surface area contributed by atoms with Crippen LogP contribution in [-0.4, -0.2) is 23.9 Å². The smallest absolute Gasteiger partial charge is 0.233 e. The Kier molecular flexibility index (Phi) is 5.19. The summed E-state index contributed by atoms with van der Waals surface area (Å²) in [5, 5.41) is 11.6. The minimum absolute atomic E-state index is 0.272. The highest BCUT2D eigenvalue weighted by atomic mass is 16.5. The van der Waals surface area contributed by atoms with E-state index < -0.39 is 0 Å². The topological polar surface area (TPSA) is 47.0 Å². The molecule has 4 nitrogen and oxygen atoms in total. The maximum absolute atomic E-state index is 5.00. The van der Waals surface area contributed by atoms with E-state index in [0.29, 0.717) is 11.8 Å². The third-order valence-electron chi connectivity index (χ3n) is 2.83. The van der Waals surface area contributed by atoms with Gasteiger partial charge in [0.1, 0.15) is 0 Å². The van der Waals surface area contributed by atoms with Crippen LogP contribution in [0.25, 0.3) is 0 Å². The summed E-state index contributed by atoms with van der Waals surface area (Å²) in [7, 11) is 1.60. The predicted octanol–water partition coefficient (Wildman–Crippen LogP) is 2.18. The second kappa shape index (κ2) is 6.43. The number of nitrogens with zero attached hydrogens (tertiary/aromatic N) is 2. The molecule has 90 valence electrons. The van der Waals surface area contributed by atoms with E-state index in [-0.39, 0.29) is 6.04 Å². The van der Waals surface area contributed by atoms with Crippen LogP contribution in [0.2, 0.25) is 0 Å². The molecule has 0 aliphatic carbocycles. The molecule has 0 spiro atoms. The van der Waals surface area contributed by atoms with Crippen LogP contribution < -0.4 is 10.1 Å². The van der Waals surface area contributed by atoms with Crippen molar-refractivity contribution in [3.05, 3.63) is 17.8 Å². The van der Waals surface area contributed by atoms with E-state index >= 15 is 0 Å². The molecule has 0 fully saturated rings. The molecular weight excluding hydrogens is 202 g/mol. The SMILES string of the molecule is CCNC(c1ccc(OC)nn1)C(C)CC. The summed E-state index contributed by atoms with van der Waals surface area (Å²) in [5.74, 6) is 1.10. The first-order valence-corrected chi connectivity index (χ1v) is 5.83. The Bertz CT molecular complexity index is 300. The zero-order chi connectivity index (χ0) is 12.0. The highest BCUT2D eigenvalue weighted by molar-refractivity contribution is 5.14. The Hall–Kier alpha value is -1.16. The summed E-state index contributed by atoms with van der Waals surface area (Å²) in [6.07, 6.45) is 1.12. The molecule has 4 heteroatoms. The van der Waals surface area contributed by atoms with Crippen molar-refractivity contribution in [1.29, 1.82) is 0 Å². The maximum Gasteiger partial charge on any atom is 0.233 e. The summed E-state index contributed by atoms with van der Waals surface area (Å²) in [4.78, 5) is 0. The van der Waals surface area contributed by atoms with Gasteiger partial charge in [0.2, 0.25) is 5.88 Å². The zero-order valence-corrected chi connectivity index (χ0v) is 10.5. The molecule has 0 radical (unpaired) electrons. The summed E-state index contributed by atoms with van der Waals surface area (Å²) >= 11 is 0. The normalized spacial score (nSPS) is 14.5. The van der Waals surface area contributed by atoms with E-state index in [2.05, 4.69) is 36.3 Å². The van der Waals surface area contributed by atoms with E-state index in [9.17, 15) is 0 Å². The van der Waals surface area contributed by atoms with Crippen LogP contribution in [0.1, 0.15) is 38.9 Å². The van der Waals surface area contributed by atoms with E-state index in [1.807, 2.05) is 12.1 Å². The molecule has 1 heterocycles. The van der Waals surface area contributed by atoms with Crippen LogP contribution in [0.3, 0.4) is 0 Å². The van der Waals surface area contributed by atoms with Crippen LogP contribution in [0.4, 0.5) is 0 Å². The third-order valence-corrected chi connectivity index (χ3v) is 2.83. The van der Waals surface area contributed by atoms with Gasteiger partial charge in [-0.25, -0.2) is 0 Å². The molecule has 0 aromatic carbocycles. The molecule has 1 rings (SSSR count). The molecule has 2 atom stereocenters. The lowest BCUT2D eigenvalue weighted by Crippen LogP contribution is -2.27. The van der Waals surface area contributed by atoms with Crippen molar-refractivity contribution < 1.29 is 4.74 Å². The molecule has 1 aromatic heterocycles. The molecular formula is C12H21N3O. The van der Waals surface area contributed by atoms with Crippen LogP contribution in [0.5, 0.6) is 5.88 Å². The number of rotatable bonds is 6. The molecule has 0 bridgehead atoms. The van der Waals surface area contributed by atoms with Crippen molar-refractivity contribution in [2.45, 2.75) is 33.2 Å². The monoisotopic (exact) mass is 223 g/mol. The second-order valence-corrected chi connectivity index (χ2v) is 3.92. The predicted molar refractivity (Wildman–Crippen MR) is 64.5 cm³/mol. The molecule has 0 saturated carbocycles. The number of hydrogen-bond donors (Lipinski definition) is 1. The average Bonchev–Trinajstić information content (AvgIpc) is 2.35. The Morgan fingerprint density at radius 3 is 2.50 bits per heavy atom. The quantitative estimate of drug-likeness (QED) is 0.803. The third kappa shape index (κ3) is 3.17. The number of ether oxygens (including phenoxy) is 1. The summed E-state index contributed by atoms with van der Waals surface area (Å²) in [5.41, 5.74) is 0.983. The van der Waals surface area contributed by atoms with Gasteiger partial charge in [-0.1, -0.05) is 27.2 Å². The Labute approximate surface area is 97.4 Å². The van der Waals surface area contributed by atoms with Gasteiger partial charge in [0.15, 0.2) is 0 Å². The fourth-order valence-corrected chi connectivity index (χ4v) is 1.66. The van der Waals surface area contributed by atoms with Crippen LogP contribution in [0.15, 0.2) is 12.1 Å². The second-order valence-electron chi connectivity index (χ2n) is 3.92. The highest BCUT2D eigenvalue weighted by Gasteiger charge is 2.18. The maximum atomic E-state index is 5.00. The molecule has 2 unspecified atom stereocenters. The van der Waals surface area contributed by atoms with Gasteiger partial charge in [-0.15, -0.1) is 5.10 Å². The van der Waals surface area contributed by atoms with Crippen molar-refractivity contribution in [3.8, 4) is 5.88 Å². The Morgan fingerprint density at radius 1 is 1.31 bits per heavy atom. The van der Waals surface area contributed by atoms with Gasteiger partial charge in [-0.05, 0) is 18.5 Å². The van der Waals surface area contributed by atoms with Crippen LogP contribution >= 0.6 is 0 Å². The van der Waals surface area contributed by atoms with Gasteiger partial charge < -0.3 is 10.1 Å². The number of aromatic nitrogens is 2. The first kappa shape index (κ1) is 12.9. The number of nitrogens with one attached hydrogen (secondary N) is 1. The molecule has 0 saturated heterocycles. The van der Waals surface area contributed by atoms with Gasteiger partial charge in [-0.3, -0.25) is 0 Å². The van der Waals surface area contributed by atoms with Gasteiger partial charge in [0, 0.05) is 6.07 Å². The first-order chi connectivity index (χ1) is 7.72. The molecule has 0 aliphatic rings. The molecule has 1 aromatic rings. The van der Waals surface area contributed by atoms with Crippen molar-refractivity contribution >= 4 is 0 Å². The fourth-order valence-electron chi connectivity index (χ4n) is 1.66. The fraction of sp³-hybridized carbons (Fsp3) is 0.667. The van der Waals surface area contributed by atoms with Crippen LogP contribution in [-0.2, 0) is 0 Å². The largest absolute Gasteiger partial charge is 0.480 e. The van der Waals surface area contributed by atoms with Gasteiger partial charge in [0.25, 0.3) is 0 Å². The molecule has 16 heavy (non-hydrogen) atoms. The van der Waals surface area contributed by atoms with Crippen LogP contribution in [0, 0.1) is 5.92 Å². The standard InChI is InChI=1S/C12H21N3O/c1-5-9(3)12(13-6-2)10-7-8-11(16-4)15-14-10/h7-9,12-13H,5-6H2,1-4H3. The highest BCUT2D eigenvalue weighted by Crippen LogP contribution is 2.22. The lowest BCUT2D eigenvalue weighted by Gasteiger charge is -2.22. The van der Waals surface area contributed by atoms with Crippen molar-refractivity contribution in [2.75, 3.05) is 13.7 Å². The molecule has 0 aliphatic heterocycles. The zero-order valence-electron chi connectivity index (χ0n) is 10.5. The first-order valence-electron chi connectivity index (χ1n) is 5.83. The summed E-state index contributed by atoms with van der Waals surface area (Å²) in [6, 6.07) is 4.11. The average molecular weight is 223 g/mol. The van der Waals surface area contributed by atoms with Crippen molar-refractivity contribution in [2.24, 2.45) is 5.92 Å². The minimum atomic E-state index is 0.272. The number of hydrogen-bond acceptors (Lipinski definition) is 4. The Balaban J connectivity index is 2.83. The number of methoxy groups -OCH3 is 1. The molecule has 1 N–H and O–H groups in total. The summed E-state index contributed by atoms with van der Waals surface area (Å²) in [6.45, 7) is 7.44. The van der Waals surface area contributed by atoms with E-state index in [4.69, 9.17) is 4.74 Å². The van der Waals surface area contributed by atoms with Gasteiger partial charge in [-0.2, -0.15) is 5.10 Å². The minimum Gasteiger partial charge on any atom is -0.480 e. The van der Waals surface area contributed by atoms with E-state index in [1.165, 1.54) is 0 Å². The van der Waals surface area contributed by atoms with E-state index in [1.54, 1.807) is 7.11 Å². The Morgan fingerprint density at radius 2 is 2.06 bits per heavy atom. The lowest BCUT2D eigenvalue weighted by atomic mass is 9.96. The van der Waals surface area contributed by atoms with Crippen molar-refractivity contribution in [1.82, 2.24) is 15.5 Å². The van der Waals surface area contributed by atoms with E-state index in [0.717, 1.165) is 18.7 Å². The lowest BCUT2D eigenvalue weighted by molar-refractivity contribution is 0.364.